The maximum Gasteiger partial charge on any atom is 0.305 e. The van der Waals surface area contributed by atoms with Crippen LogP contribution in [0.15, 0.2) is 59.0 Å². The molecular formula is C37H33BO3. The molecule has 0 amide bonds. The number of rotatable bonds is 0. The number of ether oxygens (including phenoxy) is 2. The molecule has 0 saturated heterocycles. The van der Waals surface area contributed by atoms with Crippen LogP contribution < -0.4 is 26.1 Å². The van der Waals surface area contributed by atoms with Crippen molar-refractivity contribution in [3.8, 4) is 34.1 Å². The van der Waals surface area contributed by atoms with E-state index in [1.807, 2.05) is 0 Å². The van der Waals surface area contributed by atoms with Crippen molar-refractivity contribution in [2.45, 2.75) is 71.6 Å². The van der Waals surface area contributed by atoms with Gasteiger partial charge >= 0.3 is 6.71 Å². The lowest BCUT2D eigenvalue weighted by Gasteiger charge is -2.32. The van der Waals surface area contributed by atoms with E-state index in [1.165, 1.54) is 51.7 Å². The Balaban J connectivity index is 1.33. The van der Waals surface area contributed by atoms with E-state index in [-0.39, 0.29) is 17.5 Å². The fourth-order valence-corrected chi connectivity index (χ4v) is 7.97. The second-order valence-corrected chi connectivity index (χ2v) is 14.1. The van der Waals surface area contributed by atoms with Gasteiger partial charge in [-0.15, -0.1) is 0 Å². The average molecular weight is 536 g/mol. The van der Waals surface area contributed by atoms with Crippen LogP contribution in [0.2, 0.25) is 0 Å². The second kappa shape index (κ2) is 7.48. The van der Waals surface area contributed by atoms with Crippen LogP contribution in [0, 0.1) is 6.92 Å². The number of benzene rings is 4. The fourth-order valence-electron chi connectivity index (χ4n) is 7.97. The third-order valence-corrected chi connectivity index (χ3v) is 10.1. The van der Waals surface area contributed by atoms with Crippen LogP contribution in [0.25, 0.3) is 22.1 Å². The van der Waals surface area contributed by atoms with Crippen LogP contribution in [0.5, 0.6) is 23.0 Å². The minimum absolute atomic E-state index is 0.0287. The van der Waals surface area contributed by atoms with Crippen LogP contribution in [0.3, 0.4) is 0 Å². The van der Waals surface area contributed by atoms with E-state index in [0.717, 1.165) is 57.1 Å². The van der Waals surface area contributed by atoms with E-state index < -0.39 is 0 Å². The van der Waals surface area contributed by atoms with Gasteiger partial charge in [-0.3, -0.25) is 0 Å². The minimum Gasteiger partial charge on any atom is -0.466 e. The molecule has 0 N–H and O–H groups in total. The lowest BCUT2D eigenvalue weighted by Crippen LogP contribution is -2.57. The lowest BCUT2D eigenvalue weighted by atomic mass is 9.36. The molecular weight excluding hydrogens is 503 g/mol. The summed E-state index contributed by atoms with van der Waals surface area (Å²) in [5, 5.41) is 1.04. The summed E-state index contributed by atoms with van der Waals surface area (Å²) < 4.78 is 20.2. The maximum atomic E-state index is 6.75. The Morgan fingerprint density at radius 2 is 1.63 bits per heavy atom. The second-order valence-electron chi connectivity index (χ2n) is 14.1. The number of aryl methyl sites for hydroxylation is 2. The quantitative estimate of drug-likeness (QED) is 0.188. The van der Waals surface area contributed by atoms with Crippen LogP contribution in [0.1, 0.15) is 74.4 Å². The Morgan fingerprint density at radius 3 is 2.44 bits per heavy atom. The normalized spacial score (nSPS) is 16.8. The van der Waals surface area contributed by atoms with Crippen molar-refractivity contribution in [3.63, 3.8) is 0 Å². The van der Waals surface area contributed by atoms with Crippen molar-refractivity contribution in [2.24, 2.45) is 0 Å². The summed E-state index contributed by atoms with van der Waals surface area (Å²) in [4.78, 5) is 0. The van der Waals surface area contributed by atoms with Crippen molar-refractivity contribution in [3.05, 3.63) is 88.0 Å². The van der Waals surface area contributed by atoms with E-state index in [4.69, 9.17) is 13.9 Å². The molecule has 4 aromatic carbocycles. The van der Waals surface area contributed by atoms with E-state index >= 15 is 0 Å². The molecule has 9 rings (SSSR count). The molecule has 0 bridgehead atoms. The number of hydrogen-bond acceptors (Lipinski definition) is 3. The topological polar surface area (TPSA) is 31.6 Å². The first-order chi connectivity index (χ1) is 19.6. The molecule has 202 valence electrons. The van der Waals surface area contributed by atoms with Gasteiger partial charge < -0.3 is 13.9 Å². The molecule has 5 aromatic rings. The summed E-state index contributed by atoms with van der Waals surface area (Å²) in [5.41, 5.74) is 15.0. The fraction of sp³-hybridized carbons (Fsp3) is 0.297. The molecule has 2 aliphatic heterocycles. The molecule has 0 radical (unpaired) electrons. The molecule has 1 aromatic heterocycles. The highest BCUT2D eigenvalue weighted by molar-refractivity contribution is 6.97. The Bertz CT molecular complexity index is 2000. The first-order valence-electron chi connectivity index (χ1n) is 15.0. The smallest absolute Gasteiger partial charge is 0.305 e. The van der Waals surface area contributed by atoms with E-state index in [0.29, 0.717) is 0 Å². The summed E-state index contributed by atoms with van der Waals surface area (Å²) >= 11 is 0. The lowest BCUT2D eigenvalue weighted by molar-refractivity contribution is 0.459. The van der Waals surface area contributed by atoms with Gasteiger partial charge in [0.25, 0.3) is 0 Å². The summed E-state index contributed by atoms with van der Waals surface area (Å²) in [5.74, 6) is 3.51. The molecule has 0 fully saturated rings. The molecule has 3 heterocycles. The Hall–Kier alpha value is -3.92. The van der Waals surface area contributed by atoms with Gasteiger partial charge in [0.1, 0.15) is 28.5 Å². The highest BCUT2D eigenvalue weighted by atomic mass is 16.5. The van der Waals surface area contributed by atoms with Gasteiger partial charge in [0.15, 0.2) is 5.75 Å². The monoisotopic (exact) mass is 536 g/mol. The first-order valence-corrected chi connectivity index (χ1v) is 15.0. The zero-order valence-electron chi connectivity index (χ0n) is 24.6. The van der Waals surface area contributed by atoms with Crippen molar-refractivity contribution in [2.75, 3.05) is 0 Å². The third-order valence-electron chi connectivity index (χ3n) is 10.1. The van der Waals surface area contributed by atoms with Gasteiger partial charge in [-0.05, 0) is 112 Å². The Kier molecular flexibility index (Phi) is 4.33. The van der Waals surface area contributed by atoms with Gasteiger partial charge in [0.05, 0.1) is 5.39 Å². The highest BCUT2D eigenvalue weighted by Gasteiger charge is 2.47. The van der Waals surface area contributed by atoms with Gasteiger partial charge in [-0.1, -0.05) is 58.9 Å². The van der Waals surface area contributed by atoms with Gasteiger partial charge in [0, 0.05) is 10.9 Å². The SMILES string of the molecule is Cc1cc2c3c(c1)Oc1c(oc4ccc(C(C)(C)C)cc14)B3c1cc3c(cc1O2)C(C)(C)c1ccc2c(c1-3)CCC2. The Morgan fingerprint density at radius 1 is 0.829 bits per heavy atom. The first kappa shape index (κ1) is 23.8. The summed E-state index contributed by atoms with van der Waals surface area (Å²) in [6, 6.07) is 20.4. The van der Waals surface area contributed by atoms with Crippen molar-refractivity contribution >= 4 is 34.3 Å². The van der Waals surface area contributed by atoms with Crippen LogP contribution in [-0.2, 0) is 23.7 Å². The van der Waals surface area contributed by atoms with E-state index in [1.54, 1.807) is 5.56 Å². The molecule has 4 heteroatoms. The van der Waals surface area contributed by atoms with Crippen LogP contribution in [0.4, 0.5) is 0 Å². The molecule has 0 unspecified atom stereocenters. The Labute approximate surface area is 241 Å². The molecule has 4 aliphatic rings. The summed E-state index contributed by atoms with van der Waals surface area (Å²) in [7, 11) is 0. The largest absolute Gasteiger partial charge is 0.466 e. The van der Waals surface area contributed by atoms with E-state index in [9.17, 15) is 0 Å². The zero-order valence-corrected chi connectivity index (χ0v) is 24.6. The molecule has 41 heavy (non-hydrogen) atoms. The highest BCUT2D eigenvalue weighted by Crippen LogP contribution is 2.53. The van der Waals surface area contributed by atoms with Crippen LogP contribution >= 0.6 is 0 Å². The summed E-state index contributed by atoms with van der Waals surface area (Å²) in [6.45, 7) is 13.5. The summed E-state index contributed by atoms with van der Waals surface area (Å²) in [6.07, 6.45) is 3.58. The third kappa shape index (κ3) is 3.01. The molecule has 3 nitrogen and oxygen atoms in total. The van der Waals surface area contributed by atoms with Crippen molar-refractivity contribution < 1.29 is 13.9 Å². The predicted molar refractivity (Wildman–Crippen MR) is 167 cm³/mol. The number of hydrogen-bond donors (Lipinski definition) is 0. The van der Waals surface area contributed by atoms with Crippen molar-refractivity contribution in [1.82, 2.24) is 0 Å². The minimum atomic E-state index is -0.0900. The number of furan rings is 1. The maximum absolute atomic E-state index is 6.75. The molecule has 0 atom stereocenters. The van der Waals surface area contributed by atoms with Crippen molar-refractivity contribution in [1.29, 1.82) is 0 Å². The standard InChI is InChI=1S/C37H33BO3/c1-19-14-30-33-31(15-19)40-34-24-16-21(36(2,3)4)11-13-28(24)41-35(34)38(33)27-17-23-26(18-29(27)39-30)37(5,6)25-12-10-20-8-7-9-22(20)32(23)25/h10-18H,7-9H2,1-6H3. The molecule has 2 aliphatic carbocycles. The van der Waals surface area contributed by atoms with Gasteiger partial charge in [-0.2, -0.15) is 0 Å². The predicted octanol–water partition coefficient (Wildman–Crippen LogP) is 7.56. The molecule has 0 spiro atoms. The van der Waals surface area contributed by atoms with Gasteiger partial charge in [-0.25, -0.2) is 0 Å². The zero-order chi connectivity index (χ0) is 28.0. The number of fused-ring (bicyclic) bond motifs is 11. The van der Waals surface area contributed by atoms with Gasteiger partial charge in [0.2, 0.25) is 0 Å². The molecule has 0 saturated carbocycles. The van der Waals surface area contributed by atoms with Crippen LogP contribution in [-0.4, -0.2) is 6.71 Å². The average Bonchev–Trinajstić information content (AvgIpc) is 3.60. The van der Waals surface area contributed by atoms with E-state index in [2.05, 4.69) is 96.1 Å².